The Morgan fingerprint density at radius 2 is 2.04 bits per heavy atom. The fourth-order valence-corrected chi connectivity index (χ4v) is 3.99. The predicted octanol–water partition coefficient (Wildman–Crippen LogP) is 1.20. The first-order chi connectivity index (χ1) is 11.1. The first-order valence-electron chi connectivity index (χ1n) is 8.70. The molecule has 23 heavy (non-hydrogen) atoms. The van der Waals surface area contributed by atoms with E-state index in [9.17, 15) is 9.59 Å². The summed E-state index contributed by atoms with van der Waals surface area (Å²) in [7, 11) is 2.15. The first kappa shape index (κ1) is 14.9. The zero-order valence-electron chi connectivity index (χ0n) is 13.6. The van der Waals surface area contributed by atoms with E-state index in [-0.39, 0.29) is 17.0 Å². The van der Waals surface area contributed by atoms with Crippen LogP contribution < -0.4 is 5.56 Å². The molecule has 3 aliphatic rings. The number of carbonyl (C=O) groups is 1. The van der Waals surface area contributed by atoms with Gasteiger partial charge in [-0.1, -0.05) is 6.42 Å². The highest BCUT2D eigenvalue weighted by Gasteiger charge is 2.34. The van der Waals surface area contributed by atoms with Gasteiger partial charge in [0.1, 0.15) is 11.4 Å². The molecule has 1 amide bonds. The molecule has 2 aliphatic heterocycles. The molecule has 2 unspecified atom stereocenters. The maximum atomic E-state index is 12.9. The lowest BCUT2D eigenvalue weighted by molar-refractivity contribution is 0.0708. The number of aromatic amines is 1. The van der Waals surface area contributed by atoms with Crippen LogP contribution in [0.25, 0.3) is 0 Å². The molecule has 3 fully saturated rings. The molecule has 2 saturated heterocycles. The third-order valence-corrected chi connectivity index (χ3v) is 5.53. The lowest BCUT2D eigenvalue weighted by Gasteiger charge is -2.29. The van der Waals surface area contributed by atoms with Gasteiger partial charge in [-0.25, -0.2) is 4.98 Å². The maximum Gasteiger partial charge on any atom is 0.263 e. The number of likely N-dealkylation sites (tertiary alicyclic amines) is 1. The molecule has 6 nitrogen and oxygen atoms in total. The molecule has 6 heteroatoms. The predicted molar refractivity (Wildman–Crippen MR) is 86.5 cm³/mol. The second-order valence-electron chi connectivity index (χ2n) is 7.39. The van der Waals surface area contributed by atoms with Crippen LogP contribution in [0, 0.1) is 5.92 Å². The number of hydrogen-bond acceptors (Lipinski definition) is 4. The topological polar surface area (TPSA) is 69.3 Å². The van der Waals surface area contributed by atoms with E-state index in [4.69, 9.17) is 0 Å². The average Bonchev–Trinajstić information content (AvgIpc) is 3.33. The van der Waals surface area contributed by atoms with Gasteiger partial charge in [0.15, 0.2) is 0 Å². The van der Waals surface area contributed by atoms with Gasteiger partial charge in [-0.05, 0) is 38.6 Å². The number of likely N-dealkylation sites (N-methyl/N-ethyl adjacent to an activating group) is 1. The summed E-state index contributed by atoms with van der Waals surface area (Å²) in [6, 6.07) is 0.407. The molecule has 1 aromatic rings. The molecule has 0 radical (unpaired) electrons. The highest BCUT2D eigenvalue weighted by atomic mass is 16.2. The highest BCUT2D eigenvalue weighted by Crippen LogP contribution is 2.37. The van der Waals surface area contributed by atoms with Crippen LogP contribution in [0.4, 0.5) is 0 Å². The van der Waals surface area contributed by atoms with Crippen molar-refractivity contribution in [3.05, 3.63) is 27.9 Å². The fourth-order valence-electron chi connectivity index (χ4n) is 3.99. The van der Waals surface area contributed by atoms with Gasteiger partial charge in [-0.3, -0.25) is 9.59 Å². The minimum absolute atomic E-state index is 0.159. The normalized spacial score (nSPS) is 28.5. The highest BCUT2D eigenvalue weighted by molar-refractivity contribution is 5.93. The van der Waals surface area contributed by atoms with Gasteiger partial charge >= 0.3 is 0 Å². The Balaban J connectivity index is 1.57. The molecule has 4 rings (SSSR count). The molecular weight excluding hydrogens is 292 g/mol. The van der Waals surface area contributed by atoms with Crippen LogP contribution in [-0.4, -0.2) is 58.4 Å². The monoisotopic (exact) mass is 316 g/mol. The van der Waals surface area contributed by atoms with Gasteiger partial charge in [0.25, 0.3) is 11.5 Å². The number of fused-ring (bicyclic) bond motifs is 3. The van der Waals surface area contributed by atoms with Crippen molar-refractivity contribution >= 4 is 5.91 Å². The lowest BCUT2D eigenvalue weighted by Crippen LogP contribution is -2.43. The van der Waals surface area contributed by atoms with E-state index in [1.165, 1.54) is 19.0 Å². The lowest BCUT2D eigenvalue weighted by atomic mass is 9.99. The average molecular weight is 316 g/mol. The molecule has 1 aliphatic carbocycles. The van der Waals surface area contributed by atoms with E-state index in [0.29, 0.717) is 17.9 Å². The molecule has 2 atom stereocenters. The summed E-state index contributed by atoms with van der Waals surface area (Å²) in [6.45, 7) is 2.52. The van der Waals surface area contributed by atoms with Gasteiger partial charge in [0.2, 0.25) is 0 Å². The maximum absolute atomic E-state index is 12.9. The van der Waals surface area contributed by atoms with E-state index in [0.717, 1.165) is 44.7 Å². The Morgan fingerprint density at radius 3 is 2.78 bits per heavy atom. The van der Waals surface area contributed by atoms with Crippen molar-refractivity contribution in [1.82, 2.24) is 19.8 Å². The molecule has 1 saturated carbocycles. The Bertz CT molecular complexity index is 667. The Hall–Kier alpha value is -1.69. The van der Waals surface area contributed by atoms with E-state index in [1.54, 1.807) is 0 Å². The Labute approximate surface area is 135 Å². The van der Waals surface area contributed by atoms with Crippen molar-refractivity contribution < 1.29 is 4.79 Å². The minimum atomic E-state index is -0.283. The molecule has 124 valence electrons. The second kappa shape index (κ2) is 5.74. The van der Waals surface area contributed by atoms with E-state index in [1.807, 2.05) is 4.90 Å². The first-order valence-corrected chi connectivity index (χ1v) is 8.70. The summed E-state index contributed by atoms with van der Waals surface area (Å²) in [4.78, 5) is 36.5. The fraction of sp³-hybridized carbons (Fsp3) is 0.706. The second-order valence-corrected chi connectivity index (χ2v) is 7.39. The zero-order valence-corrected chi connectivity index (χ0v) is 13.6. The van der Waals surface area contributed by atoms with Crippen LogP contribution in [0.15, 0.2) is 11.0 Å². The van der Waals surface area contributed by atoms with Crippen molar-refractivity contribution in [3.63, 3.8) is 0 Å². The van der Waals surface area contributed by atoms with Crippen LogP contribution >= 0.6 is 0 Å². The summed E-state index contributed by atoms with van der Waals surface area (Å²) in [5.41, 5.74) is -0.0910. The summed E-state index contributed by atoms with van der Waals surface area (Å²) in [6.07, 6.45) is 7.18. The van der Waals surface area contributed by atoms with Crippen molar-refractivity contribution in [2.45, 2.75) is 44.1 Å². The third kappa shape index (κ3) is 2.92. The van der Waals surface area contributed by atoms with E-state index < -0.39 is 0 Å². The molecule has 0 spiro atoms. The largest absolute Gasteiger partial charge is 0.337 e. The standard InChI is InChI=1S/C17H24N4O2/c1-20-8-11-3-2-4-13(20)10-21(9-11)17(23)14-7-18-15(12-5-6-12)19-16(14)22/h7,11-13H,2-6,8-10H2,1H3,(H,18,19,22). The summed E-state index contributed by atoms with van der Waals surface area (Å²) < 4.78 is 0. The zero-order chi connectivity index (χ0) is 16.0. The molecule has 1 aromatic heterocycles. The van der Waals surface area contributed by atoms with Crippen LogP contribution in [0.5, 0.6) is 0 Å². The van der Waals surface area contributed by atoms with Crippen LogP contribution in [0.2, 0.25) is 0 Å². The van der Waals surface area contributed by atoms with Gasteiger partial charge in [0, 0.05) is 37.8 Å². The number of aromatic nitrogens is 2. The summed E-state index contributed by atoms with van der Waals surface area (Å²) >= 11 is 0. The molecular formula is C17H24N4O2. The van der Waals surface area contributed by atoms with Crippen LogP contribution in [-0.2, 0) is 0 Å². The molecule has 2 bridgehead atoms. The van der Waals surface area contributed by atoms with Crippen molar-refractivity contribution in [1.29, 1.82) is 0 Å². The van der Waals surface area contributed by atoms with E-state index in [2.05, 4.69) is 21.9 Å². The van der Waals surface area contributed by atoms with Gasteiger partial charge in [-0.15, -0.1) is 0 Å². The number of nitrogens with one attached hydrogen (secondary N) is 1. The number of rotatable bonds is 2. The minimum Gasteiger partial charge on any atom is -0.337 e. The van der Waals surface area contributed by atoms with Crippen molar-refractivity contribution in [2.24, 2.45) is 5.92 Å². The van der Waals surface area contributed by atoms with Crippen LogP contribution in [0.3, 0.4) is 0 Å². The van der Waals surface area contributed by atoms with Crippen molar-refractivity contribution in [3.8, 4) is 0 Å². The number of amides is 1. The third-order valence-electron chi connectivity index (χ3n) is 5.53. The summed E-state index contributed by atoms with van der Waals surface area (Å²) in [5, 5.41) is 0. The molecule has 0 aromatic carbocycles. The number of H-pyrrole nitrogens is 1. The Kier molecular flexibility index (Phi) is 3.71. The molecule has 1 N–H and O–H groups in total. The Morgan fingerprint density at radius 1 is 1.22 bits per heavy atom. The molecule has 3 heterocycles. The van der Waals surface area contributed by atoms with Crippen LogP contribution in [0.1, 0.15) is 54.2 Å². The quantitative estimate of drug-likeness (QED) is 0.890. The SMILES string of the molecule is CN1CC2CCCC1CN(C(=O)c1cnc(C3CC3)[nH]c1=O)C2. The van der Waals surface area contributed by atoms with Gasteiger partial charge in [-0.2, -0.15) is 0 Å². The number of hydrogen-bond donors (Lipinski definition) is 1. The number of carbonyl (C=O) groups excluding carboxylic acids is 1. The van der Waals surface area contributed by atoms with E-state index >= 15 is 0 Å². The number of nitrogens with zero attached hydrogens (tertiary/aromatic N) is 3. The van der Waals surface area contributed by atoms with Gasteiger partial charge in [0.05, 0.1) is 0 Å². The summed E-state index contributed by atoms with van der Waals surface area (Å²) in [5.74, 6) is 1.47. The van der Waals surface area contributed by atoms with Crippen molar-refractivity contribution in [2.75, 3.05) is 26.7 Å². The smallest absolute Gasteiger partial charge is 0.263 e. The van der Waals surface area contributed by atoms with Gasteiger partial charge < -0.3 is 14.8 Å².